The molecule has 0 amide bonds. The van der Waals surface area contributed by atoms with Gasteiger partial charge >= 0.3 is 5.97 Å². The van der Waals surface area contributed by atoms with Crippen molar-refractivity contribution in [2.75, 3.05) is 6.61 Å². The quantitative estimate of drug-likeness (QED) is 0.838. The lowest BCUT2D eigenvalue weighted by atomic mass is 10.1. The maximum absolute atomic E-state index is 13.3. The van der Waals surface area contributed by atoms with Crippen LogP contribution in [0.4, 0.5) is 4.39 Å². The van der Waals surface area contributed by atoms with Crippen LogP contribution < -0.4 is 5.32 Å². The molecular weight excluding hydrogens is 257 g/mol. The minimum Gasteiger partial charge on any atom is -0.465 e. The van der Waals surface area contributed by atoms with Crippen molar-refractivity contribution in [1.82, 2.24) is 5.32 Å². The third-order valence-electron chi connectivity index (χ3n) is 2.58. The van der Waals surface area contributed by atoms with E-state index in [1.807, 2.05) is 6.92 Å². The Morgan fingerprint density at radius 1 is 1.50 bits per heavy atom. The molecule has 5 heteroatoms. The van der Waals surface area contributed by atoms with Crippen molar-refractivity contribution in [3.63, 3.8) is 0 Å². The Kier molecular flexibility index (Phi) is 5.56. The van der Waals surface area contributed by atoms with Gasteiger partial charge in [0.15, 0.2) is 0 Å². The van der Waals surface area contributed by atoms with Crippen LogP contribution >= 0.6 is 11.6 Å². The lowest BCUT2D eigenvalue weighted by Gasteiger charge is -2.19. The fraction of sp³-hybridized carbons (Fsp3) is 0.462. The molecule has 0 saturated heterocycles. The summed E-state index contributed by atoms with van der Waals surface area (Å²) in [6.45, 7) is 5.65. The van der Waals surface area contributed by atoms with Crippen LogP contribution in [0.5, 0.6) is 0 Å². The molecular formula is C13H17ClFNO2. The van der Waals surface area contributed by atoms with Gasteiger partial charge in [0, 0.05) is 6.04 Å². The summed E-state index contributed by atoms with van der Waals surface area (Å²) in [5.74, 6) is -0.787. The third kappa shape index (κ3) is 3.96. The van der Waals surface area contributed by atoms with Crippen molar-refractivity contribution < 1.29 is 13.9 Å². The Balaban J connectivity index is 2.67. The van der Waals surface area contributed by atoms with Crippen molar-refractivity contribution in [2.45, 2.75) is 32.9 Å². The molecule has 0 bridgehead atoms. The molecule has 0 aliphatic heterocycles. The fourth-order valence-electron chi connectivity index (χ4n) is 1.59. The Morgan fingerprint density at radius 2 is 2.17 bits per heavy atom. The lowest BCUT2D eigenvalue weighted by Crippen LogP contribution is -2.37. The van der Waals surface area contributed by atoms with Crippen molar-refractivity contribution in [1.29, 1.82) is 0 Å². The molecule has 0 aromatic heterocycles. The van der Waals surface area contributed by atoms with Crippen LogP contribution in [0.15, 0.2) is 18.2 Å². The first-order chi connectivity index (χ1) is 8.45. The summed E-state index contributed by atoms with van der Waals surface area (Å²) in [5, 5.41) is 3.13. The molecule has 3 nitrogen and oxygen atoms in total. The number of ether oxygens (including phenoxy) is 1. The molecule has 0 spiro atoms. The van der Waals surface area contributed by atoms with E-state index in [9.17, 15) is 9.18 Å². The van der Waals surface area contributed by atoms with Crippen LogP contribution in [0.3, 0.4) is 0 Å². The first-order valence-corrected chi connectivity index (χ1v) is 6.21. The second-order valence-electron chi connectivity index (χ2n) is 4.04. The van der Waals surface area contributed by atoms with E-state index >= 15 is 0 Å². The van der Waals surface area contributed by atoms with Gasteiger partial charge in [-0.25, -0.2) is 4.39 Å². The number of rotatable bonds is 5. The Bertz CT molecular complexity index is 425. The van der Waals surface area contributed by atoms with E-state index in [-0.39, 0.29) is 17.0 Å². The highest BCUT2D eigenvalue weighted by molar-refractivity contribution is 6.30. The minimum atomic E-state index is -0.466. The topological polar surface area (TPSA) is 38.3 Å². The monoisotopic (exact) mass is 273 g/mol. The van der Waals surface area contributed by atoms with Gasteiger partial charge in [-0.05, 0) is 38.5 Å². The summed E-state index contributed by atoms with van der Waals surface area (Å²) in [7, 11) is 0. The number of hydrogen-bond donors (Lipinski definition) is 1. The van der Waals surface area contributed by atoms with E-state index in [2.05, 4.69) is 5.32 Å². The maximum Gasteiger partial charge on any atom is 0.322 e. The SMILES string of the molecule is CCOC(=O)C(C)NC(C)c1ccc(Cl)c(F)c1. The number of benzene rings is 1. The zero-order chi connectivity index (χ0) is 13.7. The van der Waals surface area contributed by atoms with Crippen LogP contribution in [0.2, 0.25) is 5.02 Å². The van der Waals surface area contributed by atoms with E-state index in [0.717, 1.165) is 5.56 Å². The average Bonchev–Trinajstić information content (AvgIpc) is 2.32. The molecule has 0 fully saturated rings. The predicted octanol–water partition coefficient (Wildman–Crippen LogP) is 3.08. The van der Waals surface area contributed by atoms with Crippen LogP contribution in [0.1, 0.15) is 32.4 Å². The summed E-state index contributed by atoms with van der Waals surface area (Å²) < 4.78 is 18.2. The van der Waals surface area contributed by atoms with Crippen molar-refractivity contribution in [3.8, 4) is 0 Å². The second-order valence-corrected chi connectivity index (χ2v) is 4.44. The van der Waals surface area contributed by atoms with Crippen molar-refractivity contribution in [2.24, 2.45) is 0 Å². The Labute approximate surface area is 111 Å². The highest BCUT2D eigenvalue weighted by Gasteiger charge is 2.17. The first-order valence-electron chi connectivity index (χ1n) is 5.83. The highest BCUT2D eigenvalue weighted by atomic mass is 35.5. The van der Waals surface area contributed by atoms with Gasteiger partial charge in [0.1, 0.15) is 11.9 Å². The second kappa shape index (κ2) is 6.71. The largest absolute Gasteiger partial charge is 0.465 e. The molecule has 1 aromatic carbocycles. The number of hydrogen-bond acceptors (Lipinski definition) is 3. The molecule has 0 saturated carbocycles. The van der Waals surface area contributed by atoms with Gasteiger partial charge in [-0.15, -0.1) is 0 Å². The molecule has 18 heavy (non-hydrogen) atoms. The summed E-state index contributed by atoms with van der Waals surface area (Å²) >= 11 is 5.61. The van der Waals surface area contributed by atoms with E-state index < -0.39 is 11.9 Å². The Hall–Kier alpha value is -1.13. The maximum atomic E-state index is 13.3. The van der Waals surface area contributed by atoms with Gasteiger partial charge in [0.05, 0.1) is 11.6 Å². The molecule has 2 unspecified atom stereocenters. The molecule has 0 radical (unpaired) electrons. The zero-order valence-electron chi connectivity index (χ0n) is 10.7. The van der Waals surface area contributed by atoms with E-state index in [1.165, 1.54) is 12.1 Å². The number of nitrogens with one attached hydrogen (secondary N) is 1. The zero-order valence-corrected chi connectivity index (χ0v) is 11.4. The number of carbonyl (C=O) groups excluding carboxylic acids is 1. The van der Waals surface area contributed by atoms with Crippen molar-refractivity contribution >= 4 is 17.6 Å². The van der Waals surface area contributed by atoms with Gasteiger partial charge in [0.25, 0.3) is 0 Å². The van der Waals surface area contributed by atoms with E-state index in [0.29, 0.717) is 6.61 Å². The molecule has 1 N–H and O–H groups in total. The lowest BCUT2D eigenvalue weighted by molar-refractivity contribution is -0.145. The van der Waals surface area contributed by atoms with Gasteiger partial charge in [0.2, 0.25) is 0 Å². The Morgan fingerprint density at radius 3 is 2.72 bits per heavy atom. The molecule has 1 rings (SSSR count). The van der Waals surface area contributed by atoms with Crippen LogP contribution in [-0.4, -0.2) is 18.6 Å². The van der Waals surface area contributed by atoms with Gasteiger partial charge < -0.3 is 4.74 Å². The fourth-order valence-corrected chi connectivity index (χ4v) is 1.71. The molecule has 0 aliphatic rings. The van der Waals surface area contributed by atoms with E-state index in [1.54, 1.807) is 19.9 Å². The number of carbonyl (C=O) groups is 1. The normalized spacial score (nSPS) is 14.1. The number of halogens is 2. The molecule has 100 valence electrons. The highest BCUT2D eigenvalue weighted by Crippen LogP contribution is 2.20. The van der Waals surface area contributed by atoms with Crippen molar-refractivity contribution in [3.05, 3.63) is 34.6 Å². The van der Waals surface area contributed by atoms with Gasteiger partial charge in [-0.2, -0.15) is 0 Å². The van der Waals surface area contributed by atoms with Crippen LogP contribution in [-0.2, 0) is 9.53 Å². The third-order valence-corrected chi connectivity index (χ3v) is 2.89. The van der Waals surface area contributed by atoms with Crippen LogP contribution in [0, 0.1) is 5.82 Å². The first kappa shape index (κ1) is 14.9. The van der Waals surface area contributed by atoms with Gasteiger partial charge in [-0.3, -0.25) is 10.1 Å². The summed E-state index contributed by atoms with van der Waals surface area (Å²) in [5.41, 5.74) is 0.730. The summed E-state index contributed by atoms with van der Waals surface area (Å²) in [6, 6.07) is 3.97. The van der Waals surface area contributed by atoms with Crippen LogP contribution in [0.25, 0.3) is 0 Å². The minimum absolute atomic E-state index is 0.0874. The van der Waals surface area contributed by atoms with E-state index in [4.69, 9.17) is 16.3 Å². The molecule has 0 aliphatic carbocycles. The molecule has 1 aromatic rings. The van der Waals surface area contributed by atoms with Gasteiger partial charge in [-0.1, -0.05) is 17.7 Å². The average molecular weight is 274 g/mol. The smallest absolute Gasteiger partial charge is 0.322 e. The summed E-state index contributed by atoms with van der Waals surface area (Å²) in [6.07, 6.45) is 0. The number of esters is 1. The molecule has 0 heterocycles. The standard InChI is InChI=1S/C13H17ClFNO2/c1-4-18-13(17)9(3)16-8(2)10-5-6-11(14)12(15)7-10/h5-9,16H,4H2,1-3H3. The summed E-state index contributed by atoms with van der Waals surface area (Å²) in [4.78, 5) is 11.5. The predicted molar refractivity (Wildman–Crippen MR) is 69.1 cm³/mol. The molecule has 2 atom stereocenters.